The summed E-state index contributed by atoms with van der Waals surface area (Å²) in [6.07, 6.45) is 1.74. The highest BCUT2D eigenvalue weighted by atomic mass is 16.5. The van der Waals surface area contributed by atoms with E-state index in [9.17, 15) is 4.79 Å². The molecule has 0 aromatic rings. The molecule has 11 heavy (non-hydrogen) atoms. The molecule has 1 aliphatic heterocycles. The molecule has 0 saturated heterocycles. The van der Waals surface area contributed by atoms with Gasteiger partial charge in [0.1, 0.15) is 5.71 Å². The van der Waals surface area contributed by atoms with Gasteiger partial charge in [-0.25, -0.2) is 4.79 Å². The lowest BCUT2D eigenvalue weighted by Gasteiger charge is -2.06. The maximum atomic E-state index is 11.1. The Hall–Kier alpha value is -0.860. The second-order valence-corrected chi connectivity index (χ2v) is 2.89. The number of carbonyl (C=O) groups excluding carboxylic acids is 1. The Bertz CT molecular complexity index is 185. The standard InChI is InChI=1S/C8H13NO2/c1-6(2)11-8(10)7-4-3-5-9-7/h6H,3-5H2,1-2H3. The molecule has 0 atom stereocenters. The molecule has 0 amide bonds. The normalized spacial score (nSPS) is 16.8. The van der Waals surface area contributed by atoms with E-state index in [1.54, 1.807) is 0 Å². The first-order chi connectivity index (χ1) is 5.20. The minimum Gasteiger partial charge on any atom is -0.459 e. The molecule has 0 aromatic carbocycles. The van der Waals surface area contributed by atoms with Gasteiger partial charge in [-0.3, -0.25) is 4.99 Å². The first-order valence-electron chi connectivity index (χ1n) is 3.94. The third kappa shape index (κ3) is 2.33. The van der Waals surface area contributed by atoms with Crippen LogP contribution in [0.15, 0.2) is 4.99 Å². The molecule has 0 spiro atoms. The quantitative estimate of drug-likeness (QED) is 0.561. The summed E-state index contributed by atoms with van der Waals surface area (Å²) in [6.45, 7) is 4.46. The third-order valence-corrected chi connectivity index (χ3v) is 1.45. The predicted octanol–water partition coefficient (Wildman–Crippen LogP) is 1.17. The van der Waals surface area contributed by atoms with Crippen LogP contribution in [-0.2, 0) is 9.53 Å². The Morgan fingerprint density at radius 1 is 1.64 bits per heavy atom. The largest absolute Gasteiger partial charge is 0.459 e. The minimum absolute atomic E-state index is 0.0363. The van der Waals surface area contributed by atoms with Crippen molar-refractivity contribution in [2.24, 2.45) is 4.99 Å². The first-order valence-corrected chi connectivity index (χ1v) is 3.94. The van der Waals surface area contributed by atoms with Crippen molar-refractivity contribution in [3.05, 3.63) is 0 Å². The summed E-state index contributed by atoms with van der Waals surface area (Å²) < 4.78 is 4.96. The highest BCUT2D eigenvalue weighted by Crippen LogP contribution is 2.06. The van der Waals surface area contributed by atoms with E-state index in [-0.39, 0.29) is 12.1 Å². The van der Waals surface area contributed by atoms with Gasteiger partial charge in [-0.05, 0) is 26.7 Å². The third-order valence-electron chi connectivity index (χ3n) is 1.45. The molecule has 0 radical (unpaired) electrons. The number of hydrogen-bond acceptors (Lipinski definition) is 3. The molecule has 1 rings (SSSR count). The summed E-state index contributed by atoms with van der Waals surface area (Å²) in [5.41, 5.74) is 0.610. The zero-order valence-electron chi connectivity index (χ0n) is 6.96. The van der Waals surface area contributed by atoms with Crippen LogP contribution < -0.4 is 0 Å². The predicted molar refractivity (Wildman–Crippen MR) is 42.8 cm³/mol. The van der Waals surface area contributed by atoms with Crippen LogP contribution in [0, 0.1) is 0 Å². The van der Waals surface area contributed by atoms with E-state index in [1.165, 1.54) is 0 Å². The van der Waals surface area contributed by atoms with E-state index in [1.807, 2.05) is 13.8 Å². The zero-order valence-corrected chi connectivity index (χ0v) is 6.96. The summed E-state index contributed by atoms with van der Waals surface area (Å²) in [5.74, 6) is -0.238. The molecule has 0 unspecified atom stereocenters. The maximum Gasteiger partial charge on any atom is 0.352 e. The SMILES string of the molecule is CC(C)OC(=O)C1=NCCC1. The van der Waals surface area contributed by atoms with Crippen molar-refractivity contribution in [3.63, 3.8) is 0 Å². The van der Waals surface area contributed by atoms with Crippen LogP contribution >= 0.6 is 0 Å². The van der Waals surface area contributed by atoms with E-state index in [4.69, 9.17) is 4.74 Å². The Balaban J connectivity index is 2.41. The lowest BCUT2D eigenvalue weighted by Crippen LogP contribution is -2.19. The second kappa shape index (κ2) is 3.51. The van der Waals surface area contributed by atoms with Crippen LogP contribution in [0.25, 0.3) is 0 Å². The number of esters is 1. The molecule has 0 N–H and O–H groups in total. The van der Waals surface area contributed by atoms with E-state index >= 15 is 0 Å². The molecule has 0 fully saturated rings. The highest BCUT2D eigenvalue weighted by Gasteiger charge is 2.17. The van der Waals surface area contributed by atoms with E-state index in [0.717, 1.165) is 19.4 Å². The molecular weight excluding hydrogens is 142 g/mol. The van der Waals surface area contributed by atoms with Gasteiger partial charge in [-0.1, -0.05) is 0 Å². The molecule has 0 saturated carbocycles. The monoisotopic (exact) mass is 155 g/mol. The van der Waals surface area contributed by atoms with Crippen LogP contribution in [0.4, 0.5) is 0 Å². The van der Waals surface area contributed by atoms with Gasteiger partial charge < -0.3 is 4.74 Å². The van der Waals surface area contributed by atoms with Crippen LogP contribution in [0.1, 0.15) is 26.7 Å². The van der Waals surface area contributed by atoms with Crippen LogP contribution in [0.2, 0.25) is 0 Å². The Morgan fingerprint density at radius 2 is 2.36 bits per heavy atom. The van der Waals surface area contributed by atoms with Crippen LogP contribution in [0.3, 0.4) is 0 Å². The molecule has 3 heteroatoms. The first kappa shape index (κ1) is 8.24. The minimum atomic E-state index is -0.238. The van der Waals surface area contributed by atoms with Gasteiger partial charge in [-0.2, -0.15) is 0 Å². The summed E-state index contributed by atoms with van der Waals surface area (Å²) >= 11 is 0. The maximum absolute atomic E-state index is 11.1. The number of aliphatic imine (C=N–C) groups is 1. The number of carbonyl (C=O) groups is 1. The fourth-order valence-corrected chi connectivity index (χ4v) is 0.988. The van der Waals surface area contributed by atoms with Gasteiger partial charge in [0.2, 0.25) is 0 Å². The fraction of sp³-hybridized carbons (Fsp3) is 0.750. The van der Waals surface area contributed by atoms with Gasteiger partial charge in [0.15, 0.2) is 0 Å². The van der Waals surface area contributed by atoms with Gasteiger partial charge in [0, 0.05) is 6.54 Å². The van der Waals surface area contributed by atoms with Gasteiger partial charge in [-0.15, -0.1) is 0 Å². The topological polar surface area (TPSA) is 38.7 Å². The average Bonchev–Trinajstić information content (AvgIpc) is 2.35. The van der Waals surface area contributed by atoms with Crippen molar-refractivity contribution >= 4 is 11.7 Å². The van der Waals surface area contributed by atoms with Crippen LogP contribution in [-0.4, -0.2) is 24.3 Å². The number of ether oxygens (including phenoxy) is 1. The second-order valence-electron chi connectivity index (χ2n) is 2.89. The molecular formula is C8H13NO2. The molecule has 1 heterocycles. The van der Waals surface area contributed by atoms with E-state index < -0.39 is 0 Å². The number of nitrogens with zero attached hydrogens (tertiary/aromatic N) is 1. The van der Waals surface area contributed by atoms with E-state index in [0.29, 0.717) is 5.71 Å². The fourth-order valence-electron chi connectivity index (χ4n) is 0.988. The molecule has 0 aromatic heterocycles. The zero-order chi connectivity index (χ0) is 8.27. The Morgan fingerprint density at radius 3 is 2.82 bits per heavy atom. The lowest BCUT2D eigenvalue weighted by atomic mass is 10.2. The van der Waals surface area contributed by atoms with E-state index in [2.05, 4.69) is 4.99 Å². The Labute approximate surface area is 66.5 Å². The average molecular weight is 155 g/mol. The Kier molecular flexibility index (Phi) is 2.63. The molecule has 3 nitrogen and oxygen atoms in total. The van der Waals surface area contributed by atoms with Gasteiger partial charge in [0.05, 0.1) is 6.10 Å². The molecule has 0 aliphatic carbocycles. The number of hydrogen-bond donors (Lipinski definition) is 0. The lowest BCUT2D eigenvalue weighted by molar-refractivity contribution is -0.139. The van der Waals surface area contributed by atoms with Crippen molar-refractivity contribution in [1.29, 1.82) is 0 Å². The van der Waals surface area contributed by atoms with Gasteiger partial charge in [0.25, 0.3) is 0 Å². The van der Waals surface area contributed by atoms with Crippen molar-refractivity contribution < 1.29 is 9.53 Å². The smallest absolute Gasteiger partial charge is 0.352 e. The molecule has 0 bridgehead atoms. The molecule has 62 valence electrons. The van der Waals surface area contributed by atoms with Crippen molar-refractivity contribution in [2.75, 3.05) is 6.54 Å². The van der Waals surface area contributed by atoms with Crippen molar-refractivity contribution in [2.45, 2.75) is 32.8 Å². The summed E-state index contributed by atoms with van der Waals surface area (Å²) in [6, 6.07) is 0. The summed E-state index contributed by atoms with van der Waals surface area (Å²) in [7, 11) is 0. The summed E-state index contributed by atoms with van der Waals surface area (Å²) in [4.78, 5) is 15.1. The van der Waals surface area contributed by atoms with Crippen molar-refractivity contribution in [3.8, 4) is 0 Å². The number of rotatable bonds is 2. The van der Waals surface area contributed by atoms with Crippen molar-refractivity contribution in [1.82, 2.24) is 0 Å². The highest BCUT2D eigenvalue weighted by molar-refractivity contribution is 6.36. The molecule has 1 aliphatic rings. The van der Waals surface area contributed by atoms with Gasteiger partial charge >= 0.3 is 5.97 Å². The summed E-state index contributed by atoms with van der Waals surface area (Å²) in [5, 5.41) is 0. The van der Waals surface area contributed by atoms with Crippen LogP contribution in [0.5, 0.6) is 0 Å².